The molecule has 2 aromatic rings. The maximum atomic E-state index is 12.5. The Morgan fingerprint density at radius 1 is 1.38 bits per heavy atom. The van der Waals surface area contributed by atoms with E-state index in [0.29, 0.717) is 11.8 Å². The minimum absolute atomic E-state index is 0.0167. The van der Waals surface area contributed by atoms with Crippen LogP contribution in [-0.2, 0) is 7.05 Å². The first-order valence-electron chi connectivity index (χ1n) is 8.63. The minimum Gasteiger partial charge on any atom is -0.328 e. The van der Waals surface area contributed by atoms with Gasteiger partial charge < -0.3 is 5.32 Å². The minimum atomic E-state index is -0.178. The Morgan fingerprint density at radius 2 is 2.17 bits per heavy atom. The SMILES string of the molecule is Cc1csc([C@@H](NC(=O)Nc2cc(C3CCC3)nn2C)C2CC2)n1. The lowest BCUT2D eigenvalue weighted by molar-refractivity contribution is 0.247. The van der Waals surface area contributed by atoms with E-state index >= 15 is 0 Å². The van der Waals surface area contributed by atoms with E-state index in [2.05, 4.69) is 20.7 Å². The number of aromatic nitrogens is 3. The van der Waals surface area contributed by atoms with Crippen LogP contribution in [0, 0.1) is 12.8 Å². The molecular weight excluding hydrogens is 322 g/mol. The van der Waals surface area contributed by atoms with Crippen molar-refractivity contribution < 1.29 is 4.79 Å². The van der Waals surface area contributed by atoms with Crippen LogP contribution in [-0.4, -0.2) is 20.8 Å². The van der Waals surface area contributed by atoms with Crippen molar-refractivity contribution in [3.63, 3.8) is 0 Å². The van der Waals surface area contributed by atoms with Crippen LogP contribution in [0.4, 0.5) is 10.6 Å². The average Bonchev–Trinajstić information content (AvgIpc) is 3.14. The topological polar surface area (TPSA) is 71.8 Å². The van der Waals surface area contributed by atoms with Crippen molar-refractivity contribution in [2.75, 3.05) is 5.32 Å². The van der Waals surface area contributed by atoms with Crippen molar-refractivity contribution in [2.45, 2.75) is 51.0 Å². The highest BCUT2D eigenvalue weighted by atomic mass is 32.1. The van der Waals surface area contributed by atoms with Crippen molar-refractivity contribution in [2.24, 2.45) is 13.0 Å². The van der Waals surface area contributed by atoms with Gasteiger partial charge in [0.05, 0.1) is 11.7 Å². The summed E-state index contributed by atoms with van der Waals surface area (Å²) in [6, 6.07) is 1.84. The number of nitrogens with zero attached hydrogens (tertiary/aromatic N) is 3. The number of carbonyl (C=O) groups is 1. The quantitative estimate of drug-likeness (QED) is 0.867. The number of rotatable bonds is 5. The van der Waals surface area contributed by atoms with E-state index in [9.17, 15) is 4.79 Å². The van der Waals surface area contributed by atoms with E-state index in [1.165, 1.54) is 19.3 Å². The Balaban J connectivity index is 1.43. The van der Waals surface area contributed by atoms with E-state index < -0.39 is 0 Å². The molecule has 2 aliphatic rings. The van der Waals surface area contributed by atoms with Crippen LogP contribution in [0.1, 0.15) is 60.5 Å². The number of carbonyl (C=O) groups excluding carboxylic acids is 1. The smallest absolute Gasteiger partial charge is 0.320 e. The van der Waals surface area contributed by atoms with Gasteiger partial charge >= 0.3 is 6.03 Å². The normalized spacial score (nSPS) is 18.9. The lowest BCUT2D eigenvalue weighted by atomic mass is 9.83. The third-order valence-electron chi connectivity index (χ3n) is 4.95. The molecule has 2 amide bonds. The molecule has 0 bridgehead atoms. The van der Waals surface area contributed by atoms with Crippen molar-refractivity contribution in [1.29, 1.82) is 0 Å². The van der Waals surface area contributed by atoms with Crippen LogP contribution >= 0.6 is 11.3 Å². The molecule has 0 spiro atoms. The van der Waals surface area contributed by atoms with Gasteiger partial charge in [-0.15, -0.1) is 11.3 Å². The molecule has 0 unspecified atom stereocenters. The van der Waals surface area contributed by atoms with Gasteiger partial charge in [0, 0.05) is 30.1 Å². The summed E-state index contributed by atoms with van der Waals surface area (Å²) >= 11 is 1.62. The van der Waals surface area contributed by atoms with Gasteiger partial charge in [-0.1, -0.05) is 6.42 Å². The molecule has 0 saturated heterocycles. The first-order valence-corrected chi connectivity index (χ1v) is 9.51. The third kappa shape index (κ3) is 3.17. The molecule has 128 valence electrons. The molecule has 2 heterocycles. The van der Waals surface area contributed by atoms with Gasteiger partial charge in [0.2, 0.25) is 0 Å². The summed E-state index contributed by atoms with van der Waals surface area (Å²) in [6.45, 7) is 1.99. The van der Waals surface area contributed by atoms with Crippen LogP contribution in [0.25, 0.3) is 0 Å². The monoisotopic (exact) mass is 345 g/mol. The number of aryl methyl sites for hydroxylation is 2. The molecule has 4 rings (SSSR count). The number of thiazole rings is 1. The Bertz CT molecular complexity index is 744. The van der Waals surface area contributed by atoms with Gasteiger partial charge in [-0.25, -0.2) is 9.78 Å². The Labute approximate surface area is 145 Å². The fourth-order valence-electron chi connectivity index (χ4n) is 3.13. The molecule has 2 fully saturated rings. The lowest BCUT2D eigenvalue weighted by Gasteiger charge is -2.22. The number of anilines is 1. The largest absolute Gasteiger partial charge is 0.328 e. The van der Waals surface area contributed by atoms with E-state index in [-0.39, 0.29) is 12.1 Å². The summed E-state index contributed by atoms with van der Waals surface area (Å²) in [7, 11) is 1.88. The van der Waals surface area contributed by atoms with Gasteiger partial charge in [0.1, 0.15) is 10.8 Å². The highest BCUT2D eigenvalue weighted by molar-refractivity contribution is 7.09. The van der Waals surface area contributed by atoms with Crippen LogP contribution in [0.15, 0.2) is 11.4 Å². The summed E-state index contributed by atoms with van der Waals surface area (Å²) in [5.41, 5.74) is 2.10. The summed E-state index contributed by atoms with van der Waals surface area (Å²) in [4.78, 5) is 17.0. The Hall–Kier alpha value is -1.89. The van der Waals surface area contributed by atoms with Gasteiger partial charge in [0.25, 0.3) is 0 Å². The van der Waals surface area contributed by atoms with E-state index in [0.717, 1.165) is 35.1 Å². The first-order chi connectivity index (χ1) is 11.6. The van der Waals surface area contributed by atoms with E-state index in [4.69, 9.17) is 0 Å². The molecule has 7 heteroatoms. The van der Waals surface area contributed by atoms with Crippen LogP contribution in [0.2, 0.25) is 0 Å². The zero-order valence-electron chi connectivity index (χ0n) is 14.1. The molecule has 2 saturated carbocycles. The summed E-state index contributed by atoms with van der Waals surface area (Å²) in [5.74, 6) is 1.82. The van der Waals surface area contributed by atoms with Gasteiger partial charge in [-0.05, 0) is 38.5 Å². The molecule has 24 heavy (non-hydrogen) atoms. The van der Waals surface area contributed by atoms with Crippen LogP contribution < -0.4 is 10.6 Å². The number of nitrogens with one attached hydrogen (secondary N) is 2. The maximum Gasteiger partial charge on any atom is 0.320 e. The Kier molecular flexibility index (Phi) is 4.04. The fraction of sp³-hybridized carbons (Fsp3) is 0.588. The summed E-state index contributed by atoms with van der Waals surface area (Å²) in [5, 5.41) is 13.6. The van der Waals surface area contributed by atoms with Crippen molar-refractivity contribution in [1.82, 2.24) is 20.1 Å². The molecule has 0 aliphatic heterocycles. The van der Waals surface area contributed by atoms with Gasteiger partial charge in [0.15, 0.2) is 0 Å². The molecule has 2 aliphatic carbocycles. The highest BCUT2D eigenvalue weighted by Gasteiger charge is 2.35. The fourth-order valence-corrected chi connectivity index (χ4v) is 4.07. The predicted molar refractivity (Wildman–Crippen MR) is 94.3 cm³/mol. The zero-order valence-corrected chi connectivity index (χ0v) is 14.9. The summed E-state index contributed by atoms with van der Waals surface area (Å²) in [6.07, 6.45) is 5.99. The molecule has 2 aromatic heterocycles. The number of hydrogen-bond donors (Lipinski definition) is 2. The molecule has 0 aromatic carbocycles. The Morgan fingerprint density at radius 3 is 2.75 bits per heavy atom. The van der Waals surface area contributed by atoms with Gasteiger partial charge in [-0.2, -0.15) is 5.10 Å². The van der Waals surface area contributed by atoms with E-state index in [1.54, 1.807) is 16.0 Å². The number of urea groups is 1. The molecule has 1 atom stereocenters. The zero-order chi connectivity index (χ0) is 16.7. The molecule has 0 radical (unpaired) electrons. The standard InChI is InChI=1S/C17H23N5OS/c1-10-9-24-16(18-10)15(12-6-7-12)20-17(23)19-14-8-13(21-22(14)2)11-4-3-5-11/h8-9,11-12,15H,3-7H2,1-2H3,(H2,19,20,23)/t15-/m0/s1. The second-order valence-corrected chi connectivity index (χ2v) is 7.84. The second-order valence-electron chi connectivity index (χ2n) is 6.95. The number of amides is 2. The number of hydrogen-bond acceptors (Lipinski definition) is 4. The van der Waals surface area contributed by atoms with Crippen molar-refractivity contribution in [3.05, 3.63) is 27.8 Å². The van der Waals surface area contributed by atoms with Crippen molar-refractivity contribution >= 4 is 23.2 Å². The molecular formula is C17H23N5OS. The average molecular weight is 345 g/mol. The van der Waals surface area contributed by atoms with Crippen LogP contribution in [0.5, 0.6) is 0 Å². The van der Waals surface area contributed by atoms with Crippen molar-refractivity contribution in [3.8, 4) is 0 Å². The van der Waals surface area contributed by atoms with Gasteiger partial charge in [-0.3, -0.25) is 10.00 Å². The molecule has 6 nitrogen and oxygen atoms in total. The first kappa shape index (κ1) is 15.6. The third-order valence-corrected chi connectivity index (χ3v) is 5.99. The molecule has 2 N–H and O–H groups in total. The second kappa shape index (κ2) is 6.20. The maximum absolute atomic E-state index is 12.5. The highest BCUT2D eigenvalue weighted by Crippen LogP contribution is 2.42. The summed E-state index contributed by atoms with van der Waals surface area (Å²) < 4.78 is 1.76. The van der Waals surface area contributed by atoms with Crippen LogP contribution in [0.3, 0.4) is 0 Å². The predicted octanol–water partition coefficient (Wildman–Crippen LogP) is 3.73. The lowest BCUT2D eigenvalue weighted by Crippen LogP contribution is -2.34. The van der Waals surface area contributed by atoms with E-state index in [1.807, 2.05) is 25.4 Å².